The molecule has 0 saturated heterocycles. The summed E-state index contributed by atoms with van der Waals surface area (Å²) in [5, 5.41) is 9.33. The summed E-state index contributed by atoms with van der Waals surface area (Å²) >= 11 is 0. The molecule has 12 heavy (non-hydrogen) atoms. The summed E-state index contributed by atoms with van der Waals surface area (Å²) in [6.45, 7) is 0. The Morgan fingerprint density at radius 3 is 2.58 bits per heavy atom. The Balaban J connectivity index is 2.51. The molecule has 2 atom stereocenters. The van der Waals surface area contributed by atoms with Gasteiger partial charge in [0.1, 0.15) is 0 Å². The lowest BCUT2D eigenvalue weighted by atomic mass is 10.1. The summed E-state index contributed by atoms with van der Waals surface area (Å²) in [5.41, 5.74) is 0. The van der Waals surface area contributed by atoms with E-state index in [1.165, 1.54) is 0 Å². The van der Waals surface area contributed by atoms with E-state index in [0.717, 1.165) is 20.0 Å². The van der Waals surface area contributed by atoms with Gasteiger partial charge in [-0.25, -0.2) is 0 Å². The molecule has 1 N–H and O–H groups in total. The highest BCUT2D eigenvalue weighted by Gasteiger charge is 2.29. The van der Waals surface area contributed by atoms with Gasteiger partial charge in [-0.2, -0.15) is 8.42 Å². The molecule has 1 saturated carbocycles. The SMILES string of the molecule is COS(=O)(=O)CC1CCCC1O. The Bertz CT molecular complexity index is 234. The Morgan fingerprint density at radius 2 is 2.17 bits per heavy atom. The molecule has 0 aliphatic heterocycles. The highest BCUT2D eigenvalue weighted by molar-refractivity contribution is 7.86. The van der Waals surface area contributed by atoms with Crippen LogP contribution in [0.2, 0.25) is 0 Å². The molecule has 0 bridgehead atoms. The summed E-state index contributed by atoms with van der Waals surface area (Å²) in [6.07, 6.45) is 1.94. The molecule has 1 fully saturated rings. The normalized spacial score (nSPS) is 30.8. The molecule has 72 valence electrons. The van der Waals surface area contributed by atoms with Crippen LogP contribution in [0.3, 0.4) is 0 Å². The third kappa shape index (κ3) is 2.43. The van der Waals surface area contributed by atoms with Crippen molar-refractivity contribution in [3.05, 3.63) is 0 Å². The first-order valence-corrected chi connectivity index (χ1v) is 5.59. The monoisotopic (exact) mass is 194 g/mol. The van der Waals surface area contributed by atoms with E-state index in [-0.39, 0.29) is 11.7 Å². The molecular formula is C7H14O4S. The molecule has 0 aromatic rings. The van der Waals surface area contributed by atoms with Crippen molar-refractivity contribution in [3.8, 4) is 0 Å². The van der Waals surface area contributed by atoms with Gasteiger partial charge in [0.05, 0.1) is 19.0 Å². The van der Waals surface area contributed by atoms with Crippen LogP contribution in [0.4, 0.5) is 0 Å². The van der Waals surface area contributed by atoms with Crippen LogP contribution in [0.15, 0.2) is 0 Å². The first-order chi connectivity index (χ1) is 5.55. The summed E-state index contributed by atoms with van der Waals surface area (Å²) in [5.74, 6) is -0.181. The molecule has 0 aromatic carbocycles. The van der Waals surface area contributed by atoms with Crippen LogP contribution < -0.4 is 0 Å². The lowest BCUT2D eigenvalue weighted by molar-refractivity contribution is 0.141. The van der Waals surface area contributed by atoms with Crippen LogP contribution in [0.25, 0.3) is 0 Å². The smallest absolute Gasteiger partial charge is 0.267 e. The van der Waals surface area contributed by atoms with Gasteiger partial charge >= 0.3 is 0 Å². The second-order valence-electron chi connectivity index (χ2n) is 3.15. The second-order valence-corrected chi connectivity index (χ2v) is 4.93. The standard InChI is InChI=1S/C7H14O4S/c1-11-12(9,10)5-6-3-2-4-7(6)8/h6-8H,2-5H2,1H3. The molecule has 1 aliphatic rings. The van der Waals surface area contributed by atoms with E-state index in [4.69, 9.17) is 0 Å². The Hall–Kier alpha value is -0.130. The lowest BCUT2D eigenvalue weighted by Gasteiger charge is -2.12. The average Bonchev–Trinajstić information content (AvgIpc) is 2.36. The quantitative estimate of drug-likeness (QED) is 0.648. The predicted molar refractivity (Wildman–Crippen MR) is 44.1 cm³/mol. The molecule has 1 rings (SSSR count). The maximum atomic E-state index is 11.0. The fourth-order valence-electron chi connectivity index (χ4n) is 1.54. The summed E-state index contributed by atoms with van der Waals surface area (Å²) in [7, 11) is -2.25. The van der Waals surface area contributed by atoms with Gasteiger partial charge in [-0.3, -0.25) is 4.18 Å². The maximum absolute atomic E-state index is 11.0. The van der Waals surface area contributed by atoms with Crippen LogP contribution in [-0.4, -0.2) is 32.5 Å². The Labute approximate surface area is 72.7 Å². The number of rotatable bonds is 3. The Morgan fingerprint density at radius 1 is 1.50 bits per heavy atom. The Kier molecular flexibility index (Phi) is 3.09. The van der Waals surface area contributed by atoms with Crippen molar-refractivity contribution < 1.29 is 17.7 Å². The zero-order valence-corrected chi connectivity index (χ0v) is 7.88. The highest BCUT2D eigenvalue weighted by atomic mass is 32.2. The topological polar surface area (TPSA) is 63.6 Å². The van der Waals surface area contributed by atoms with Crippen LogP contribution in [0.1, 0.15) is 19.3 Å². The molecule has 5 heteroatoms. The van der Waals surface area contributed by atoms with Gasteiger partial charge in [0.15, 0.2) is 0 Å². The third-order valence-corrected chi connectivity index (χ3v) is 3.64. The van der Waals surface area contributed by atoms with Crippen LogP contribution in [0, 0.1) is 5.92 Å². The van der Waals surface area contributed by atoms with Crippen molar-refractivity contribution in [2.75, 3.05) is 12.9 Å². The van der Waals surface area contributed by atoms with Crippen molar-refractivity contribution >= 4 is 10.1 Å². The van der Waals surface area contributed by atoms with E-state index in [0.29, 0.717) is 6.42 Å². The molecule has 2 unspecified atom stereocenters. The second kappa shape index (κ2) is 3.72. The summed E-state index contributed by atoms with van der Waals surface area (Å²) < 4.78 is 26.2. The van der Waals surface area contributed by atoms with Gasteiger partial charge in [0, 0.05) is 5.92 Å². The van der Waals surface area contributed by atoms with Gasteiger partial charge in [0.2, 0.25) is 0 Å². The van der Waals surface area contributed by atoms with Gasteiger partial charge < -0.3 is 5.11 Å². The fourth-order valence-corrected chi connectivity index (χ4v) is 2.59. The summed E-state index contributed by atoms with van der Waals surface area (Å²) in [4.78, 5) is 0. The highest BCUT2D eigenvalue weighted by Crippen LogP contribution is 2.26. The molecule has 0 radical (unpaired) electrons. The van der Waals surface area contributed by atoms with Crippen LogP contribution in [0.5, 0.6) is 0 Å². The van der Waals surface area contributed by atoms with Crippen LogP contribution >= 0.6 is 0 Å². The largest absolute Gasteiger partial charge is 0.393 e. The van der Waals surface area contributed by atoms with E-state index in [1.807, 2.05) is 0 Å². The molecular weight excluding hydrogens is 180 g/mol. The fraction of sp³-hybridized carbons (Fsp3) is 1.00. The summed E-state index contributed by atoms with van der Waals surface area (Å²) in [6, 6.07) is 0. The molecule has 4 nitrogen and oxygen atoms in total. The molecule has 1 aliphatic carbocycles. The van der Waals surface area contributed by atoms with Gasteiger partial charge in [-0.05, 0) is 12.8 Å². The number of hydrogen-bond acceptors (Lipinski definition) is 4. The number of aliphatic hydroxyl groups is 1. The van der Waals surface area contributed by atoms with Crippen molar-refractivity contribution in [1.29, 1.82) is 0 Å². The van der Waals surface area contributed by atoms with E-state index in [1.54, 1.807) is 0 Å². The van der Waals surface area contributed by atoms with Crippen molar-refractivity contribution in [2.45, 2.75) is 25.4 Å². The average molecular weight is 194 g/mol. The lowest BCUT2D eigenvalue weighted by Crippen LogP contribution is -2.23. The van der Waals surface area contributed by atoms with Crippen molar-refractivity contribution in [2.24, 2.45) is 5.92 Å². The minimum atomic E-state index is -3.40. The first-order valence-electron chi connectivity index (χ1n) is 4.01. The third-order valence-electron chi connectivity index (χ3n) is 2.29. The molecule has 0 amide bonds. The zero-order valence-electron chi connectivity index (χ0n) is 7.06. The van der Waals surface area contributed by atoms with E-state index >= 15 is 0 Å². The van der Waals surface area contributed by atoms with E-state index in [9.17, 15) is 13.5 Å². The van der Waals surface area contributed by atoms with Gasteiger partial charge in [-0.1, -0.05) is 6.42 Å². The van der Waals surface area contributed by atoms with Gasteiger partial charge in [-0.15, -0.1) is 0 Å². The molecule has 0 spiro atoms. The maximum Gasteiger partial charge on any atom is 0.267 e. The zero-order chi connectivity index (χ0) is 9.19. The van der Waals surface area contributed by atoms with Gasteiger partial charge in [0.25, 0.3) is 10.1 Å². The number of hydrogen-bond donors (Lipinski definition) is 1. The van der Waals surface area contributed by atoms with Crippen LogP contribution in [-0.2, 0) is 14.3 Å². The van der Waals surface area contributed by atoms with Crippen molar-refractivity contribution in [3.63, 3.8) is 0 Å². The van der Waals surface area contributed by atoms with Crippen molar-refractivity contribution in [1.82, 2.24) is 0 Å². The molecule has 0 aromatic heterocycles. The van der Waals surface area contributed by atoms with E-state index in [2.05, 4.69) is 4.18 Å². The minimum Gasteiger partial charge on any atom is -0.393 e. The molecule has 0 heterocycles. The first kappa shape index (κ1) is 9.95. The number of aliphatic hydroxyl groups excluding tert-OH is 1. The van der Waals surface area contributed by atoms with E-state index < -0.39 is 16.2 Å². The predicted octanol–water partition coefficient (Wildman–Crippen LogP) is 0.124. The minimum absolute atomic E-state index is 0.0509.